The molecule has 2 heterocycles. The third-order valence-corrected chi connectivity index (χ3v) is 5.98. The largest absolute Gasteiger partial charge is 0.507 e. The number of nitrogens with zero attached hydrogens (tertiary/aromatic N) is 2. The summed E-state index contributed by atoms with van der Waals surface area (Å²) in [7, 11) is 1.58. The molecule has 0 radical (unpaired) electrons. The van der Waals surface area contributed by atoms with Crippen LogP contribution in [0.15, 0.2) is 72.6 Å². The maximum Gasteiger partial charge on any atom is 0.295 e. The van der Waals surface area contributed by atoms with E-state index < -0.39 is 17.7 Å². The molecule has 0 bridgehead atoms. The zero-order valence-corrected chi connectivity index (χ0v) is 20.0. The van der Waals surface area contributed by atoms with Gasteiger partial charge < -0.3 is 19.5 Å². The van der Waals surface area contributed by atoms with Gasteiger partial charge in [0.2, 0.25) is 0 Å². The second-order valence-electron chi connectivity index (χ2n) is 8.38. The first-order valence-electron chi connectivity index (χ1n) is 11.5. The van der Waals surface area contributed by atoms with Gasteiger partial charge in [0.15, 0.2) is 0 Å². The van der Waals surface area contributed by atoms with Crippen molar-refractivity contribution in [3.05, 3.63) is 94.8 Å². The minimum Gasteiger partial charge on any atom is -0.507 e. The predicted octanol–water partition coefficient (Wildman–Crippen LogP) is 4.81. The lowest BCUT2D eigenvalue weighted by molar-refractivity contribution is -0.140. The predicted molar refractivity (Wildman–Crippen MR) is 132 cm³/mol. The molecule has 1 N–H and O–H groups in total. The molecule has 1 amide bonds. The number of carbonyl (C=O) groups excluding carboxylic acids is 2. The monoisotopic (exact) mass is 472 g/mol. The van der Waals surface area contributed by atoms with E-state index in [1.165, 1.54) is 4.90 Å². The summed E-state index contributed by atoms with van der Waals surface area (Å²) in [6.45, 7) is 4.69. The van der Waals surface area contributed by atoms with Crippen molar-refractivity contribution in [3.8, 4) is 11.5 Å². The maximum absolute atomic E-state index is 13.2. The molecule has 7 heteroatoms. The number of rotatable bonds is 8. The van der Waals surface area contributed by atoms with Crippen LogP contribution in [-0.2, 0) is 16.1 Å². The Morgan fingerprint density at radius 1 is 1.06 bits per heavy atom. The van der Waals surface area contributed by atoms with Gasteiger partial charge in [-0.2, -0.15) is 0 Å². The van der Waals surface area contributed by atoms with Crippen molar-refractivity contribution in [2.75, 3.05) is 13.7 Å². The molecule has 1 aliphatic heterocycles. The second-order valence-corrected chi connectivity index (χ2v) is 8.38. The fraction of sp³-hybridized carbons (Fsp3) is 0.250. The number of ether oxygens (including phenoxy) is 2. The van der Waals surface area contributed by atoms with E-state index in [1.54, 1.807) is 62.0 Å². The summed E-state index contributed by atoms with van der Waals surface area (Å²) in [6.07, 6.45) is 4.09. The molecule has 180 valence electrons. The lowest BCUT2D eigenvalue weighted by Crippen LogP contribution is -2.29. The Morgan fingerprint density at radius 2 is 1.77 bits per heavy atom. The Balaban J connectivity index is 1.77. The number of amides is 1. The molecule has 2 aromatic carbocycles. The summed E-state index contributed by atoms with van der Waals surface area (Å²) in [5.74, 6) is -0.185. The molecular weight excluding hydrogens is 444 g/mol. The molecule has 7 nitrogen and oxygen atoms in total. The third-order valence-electron chi connectivity index (χ3n) is 5.98. The third kappa shape index (κ3) is 4.89. The Morgan fingerprint density at radius 3 is 2.40 bits per heavy atom. The van der Waals surface area contributed by atoms with E-state index in [0.29, 0.717) is 29.2 Å². The van der Waals surface area contributed by atoms with Crippen LogP contribution in [-0.4, -0.2) is 40.4 Å². The van der Waals surface area contributed by atoms with Crippen molar-refractivity contribution in [1.29, 1.82) is 0 Å². The van der Waals surface area contributed by atoms with Crippen LogP contribution in [0.25, 0.3) is 5.76 Å². The van der Waals surface area contributed by atoms with Crippen LogP contribution in [0.3, 0.4) is 0 Å². The number of carbonyl (C=O) groups is 2. The van der Waals surface area contributed by atoms with Gasteiger partial charge in [-0.05, 0) is 72.5 Å². The van der Waals surface area contributed by atoms with Gasteiger partial charge >= 0.3 is 0 Å². The van der Waals surface area contributed by atoms with E-state index in [2.05, 4.69) is 4.98 Å². The molecule has 0 aliphatic carbocycles. The summed E-state index contributed by atoms with van der Waals surface area (Å²) >= 11 is 0. The standard InChI is InChI=1S/C28H28N2O5/c1-4-15-35-23-10-7-21(16-18(23)2)26(31)24-25(20-11-13-29-14-12-20)30(28(33)27(24)32)17-19-5-8-22(34-3)9-6-19/h5-14,16,25,31H,4,15,17H2,1-3H3/b26-24-. The van der Waals surface area contributed by atoms with Crippen molar-refractivity contribution >= 4 is 17.4 Å². The van der Waals surface area contributed by atoms with Gasteiger partial charge in [0.25, 0.3) is 11.7 Å². The molecule has 4 rings (SSSR count). The highest BCUT2D eigenvalue weighted by atomic mass is 16.5. The zero-order chi connectivity index (χ0) is 24.9. The first-order valence-corrected chi connectivity index (χ1v) is 11.5. The Hall–Kier alpha value is -4.13. The minimum absolute atomic E-state index is 0.0522. The number of aliphatic hydroxyl groups is 1. The minimum atomic E-state index is -0.753. The quantitative estimate of drug-likeness (QED) is 0.288. The number of aryl methyl sites for hydroxylation is 1. The molecule has 35 heavy (non-hydrogen) atoms. The number of aromatic nitrogens is 1. The van der Waals surface area contributed by atoms with Crippen molar-refractivity contribution in [1.82, 2.24) is 9.88 Å². The van der Waals surface area contributed by atoms with E-state index in [0.717, 1.165) is 17.5 Å². The van der Waals surface area contributed by atoms with Crippen LogP contribution in [0.2, 0.25) is 0 Å². The molecule has 1 saturated heterocycles. The first-order chi connectivity index (χ1) is 16.9. The summed E-state index contributed by atoms with van der Waals surface area (Å²) in [5, 5.41) is 11.3. The van der Waals surface area contributed by atoms with E-state index in [1.807, 2.05) is 26.0 Å². The fourth-order valence-electron chi connectivity index (χ4n) is 4.19. The Labute approximate surface area is 204 Å². The molecule has 0 saturated carbocycles. The average molecular weight is 473 g/mol. The van der Waals surface area contributed by atoms with E-state index in [-0.39, 0.29) is 17.9 Å². The maximum atomic E-state index is 13.2. The second kappa shape index (κ2) is 10.4. The lowest BCUT2D eigenvalue weighted by Gasteiger charge is -2.25. The number of ketones is 1. The molecule has 1 aliphatic rings. The van der Waals surface area contributed by atoms with Gasteiger partial charge in [-0.15, -0.1) is 0 Å². The molecular formula is C28H28N2O5. The summed E-state index contributed by atoms with van der Waals surface area (Å²) < 4.78 is 10.9. The number of methoxy groups -OCH3 is 1. The molecule has 1 aromatic heterocycles. The van der Waals surface area contributed by atoms with Crippen LogP contribution in [0, 0.1) is 6.92 Å². The summed E-state index contributed by atoms with van der Waals surface area (Å²) in [6, 6.07) is 15.3. The normalized spacial score (nSPS) is 17.0. The number of hydrogen-bond donors (Lipinski definition) is 1. The van der Waals surface area contributed by atoms with Crippen LogP contribution < -0.4 is 9.47 Å². The van der Waals surface area contributed by atoms with Crippen molar-refractivity contribution in [3.63, 3.8) is 0 Å². The number of hydrogen-bond acceptors (Lipinski definition) is 6. The van der Waals surface area contributed by atoms with Crippen LogP contribution in [0.1, 0.15) is 41.6 Å². The van der Waals surface area contributed by atoms with Gasteiger partial charge in [-0.25, -0.2) is 0 Å². The number of benzene rings is 2. The van der Waals surface area contributed by atoms with Crippen LogP contribution in [0.5, 0.6) is 11.5 Å². The Bertz CT molecular complexity index is 1250. The van der Waals surface area contributed by atoms with Crippen LogP contribution in [0.4, 0.5) is 0 Å². The Kier molecular flexibility index (Phi) is 7.15. The fourth-order valence-corrected chi connectivity index (χ4v) is 4.19. The number of likely N-dealkylation sites (tertiary alicyclic amines) is 1. The zero-order valence-electron chi connectivity index (χ0n) is 20.0. The SMILES string of the molecule is CCCOc1ccc(/C(O)=C2/C(=O)C(=O)N(Cc3ccc(OC)cc3)C2c2ccncc2)cc1C. The van der Waals surface area contributed by atoms with Crippen LogP contribution >= 0.6 is 0 Å². The highest BCUT2D eigenvalue weighted by molar-refractivity contribution is 6.46. The van der Waals surface area contributed by atoms with Gasteiger partial charge in [0, 0.05) is 24.5 Å². The highest BCUT2D eigenvalue weighted by Crippen LogP contribution is 2.40. The lowest BCUT2D eigenvalue weighted by atomic mass is 9.95. The smallest absolute Gasteiger partial charge is 0.295 e. The molecule has 3 aromatic rings. The summed E-state index contributed by atoms with van der Waals surface area (Å²) in [4.78, 5) is 31.9. The van der Waals surface area contributed by atoms with E-state index in [9.17, 15) is 14.7 Å². The first kappa shape index (κ1) is 24.0. The molecule has 1 atom stereocenters. The van der Waals surface area contributed by atoms with Crippen molar-refractivity contribution < 1.29 is 24.2 Å². The van der Waals surface area contributed by atoms with E-state index in [4.69, 9.17) is 9.47 Å². The molecule has 1 unspecified atom stereocenters. The van der Waals surface area contributed by atoms with Gasteiger partial charge in [0.1, 0.15) is 17.3 Å². The van der Waals surface area contributed by atoms with Gasteiger partial charge in [-0.3, -0.25) is 14.6 Å². The van der Waals surface area contributed by atoms with E-state index >= 15 is 0 Å². The molecule has 0 spiro atoms. The van der Waals surface area contributed by atoms with Crippen molar-refractivity contribution in [2.45, 2.75) is 32.9 Å². The number of aliphatic hydroxyl groups excluding tert-OH is 1. The number of Topliss-reactive ketones (excluding diaryl/α,β-unsaturated/α-hetero) is 1. The van der Waals surface area contributed by atoms with Gasteiger partial charge in [-0.1, -0.05) is 19.1 Å². The highest BCUT2D eigenvalue weighted by Gasteiger charge is 2.46. The molecule has 1 fully saturated rings. The summed E-state index contributed by atoms with van der Waals surface area (Å²) in [5.41, 5.74) is 2.86. The average Bonchev–Trinajstić information content (AvgIpc) is 3.13. The van der Waals surface area contributed by atoms with Gasteiger partial charge in [0.05, 0.1) is 25.3 Å². The number of pyridine rings is 1. The topological polar surface area (TPSA) is 89.0 Å². The van der Waals surface area contributed by atoms with Crippen molar-refractivity contribution in [2.24, 2.45) is 0 Å².